The molecule has 2 N–H and O–H groups in total. The summed E-state index contributed by atoms with van der Waals surface area (Å²) in [4.78, 5) is 0. The van der Waals surface area contributed by atoms with Gasteiger partial charge in [-0.1, -0.05) is 0 Å². The monoisotopic (exact) mass is 261 g/mol. The van der Waals surface area contributed by atoms with Crippen LogP contribution in [-0.4, -0.2) is 24.7 Å². The van der Waals surface area contributed by atoms with Crippen LogP contribution in [0, 0.1) is 11.6 Å². The Balaban J connectivity index is 2.79. The first kappa shape index (κ1) is 14.3. The summed E-state index contributed by atoms with van der Waals surface area (Å²) in [5, 5.41) is 0. The van der Waals surface area contributed by atoms with E-state index in [-0.39, 0.29) is 11.8 Å². The van der Waals surface area contributed by atoms with Crippen LogP contribution >= 0.6 is 11.8 Å². The molecule has 0 aliphatic carbocycles. The van der Waals surface area contributed by atoms with Crippen LogP contribution in [-0.2, 0) is 6.42 Å². The van der Waals surface area contributed by atoms with Crippen LogP contribution in [0.1, 0.15) is 12.5 Å². The topological polar surface area (TPSA) is 35.2 Å². The van der Waals surface area contributed by atoms with Crippen molar-refractivity contribution in [3.8, 4) is 5.75 Å². The van der Waals surface area contributed by atoms with Crippen LogP contribution < -0.4 is 10.5 Å². The minimum atomic E-state index is -0.665. The Kier molecular flexibility index (Phi) is 5.71. The first-order chi connectivity index (χ1) is 8.04. The van der Waals surface area contributed by atoms with Gasteiger partial charge in [0.2, 0.25) is 0 Å². The lowest BCUT2D eigenvalue weighted by Crippen LogP contribution is -2.18. The van der Waals surface area contributed by atoms with Gasteiger partial charge < -0.3 is 10.5 Å². The third-order valence-electron chi connectivity index (χ3n) is 2.15. The van der Waals surface area contributed by atoms with Crippen molar-refractivity contribution in [2.75, 3.05) is 18.6 Å². The van der Waals surface area contributed by atoms with Gasteiger partial charge in [-0.3, -0.25) is 0 Å². The number of halogens is 2. The number of hydrogen-bond donors (Lipinski definition) is 1. The molecule has 0 saturated heterocycles. The summed E-state index contributed by atoms with van der Waals surface area (Å²) in [5.74, 6) is -0.934. The molecule has 1 aromatic rings. The first-order valence-corrected chi connectivity index (χ1v) is 6.79. The molecule has 1 unspecified atom stereocenters. The number of nitrogens with two attached hydrogens (primary N) is 1. The molecule has 1 rings (SSSR count). The Morgan fingerprint density at radius 2 is 1.94 bits per heavy atom. The molecule has 0 saturated carbocycles. The Hall–Kier alpha value is -0.810. The average molecular weight is 261 g/mol. The molecule has 0 aromatic heterocycles. The molecule has 0 radical (unpaired) electrons. The van der Waals surface area contributed by atoms with Crippen molar-refractivity contribution in [1.82, 2.24) is 0 Å². The van der Waals surface area contributed by atoms with Crippen LogP contribution in [0.2, 0.25) is 0 Å². The summed E-state index contributed by atoms with van der Waals surface area (Å²) >= 11 is 1.56. The van der Waals surface area contributed by atoms with E-state index in [9.17, 15) is 8.78 Å². The third kappa shape index (κ3) is 4.52. The Morgan fingerprint density at radius 3 is 2.41 bits per heavy atom. The fourth-order valence-corrected chi connectivity index (χ4v) is 1.72. The highest BCUT2D eigenvalue weighted by atomic mass is 32.2. The fourth-order valence-electron chi connectivity index (χ4n) is 1.47. The van der Waals surface area contributed by atoms with Crippen molar-refractivity contribution in [2.45, 2.75) is 19.4 Å². The zero-order valence-corrected chi connectivity index (χ0v) is 10.8. The number of hydrogen-bond acceptors (Lipinski definition) is 3. The molecule has 0 bridgehead atoms. The van der Waals surface area contributed by atoms with Crippen LogP contribution in [0.3, 0.4) is 0 Å². The van der Waals surface area contributed by atoms with Crippen molar-refractivity contribution < 1.29 is 13.5 Å². The number of ether oxygens (including phenoxy) is 1. The SMILES string of the molecule is CSCCOc1c(F)cc(CC(C)N)cc1F. The summed E-state index contributed by atoms with van der Waals surface area (Å²) in [5.41, 5.74) is 6.13. The quantitative estimate of drug-likeness (QED) is 0.799. The largest absolute Gasteiger partial charge is 0.487 e. The highest BCUT2D eigenvalue weighted by molar-refractivity contribution is 7.98. The molecule has 0 aliphatic heterocycles. The molecule has 0 heterocycles. The molecule has 0 amide bonds. The molecular formula is C12H17F2NOS. The van der Waals surface area contributed by atoms with E-state index in [1.165, 1.54) is 12.1 Å². The van der Waals surface area contributed by atoms with Crippen LogP contribution in [0.25, 0.3) is 0 Å². The molecular weight excluding hydrogens is 244 g/mol. The lowest BCUT2D eigenvalue weighted by Gasteiger charge is -2.10. The van der Waals surface area contributed by atoms with Crippen molar-refractivity contribution in [3.63, 3.8) is 0 Å². The van der Waals surface area contributed by atoms with Crippen LogP contribution in [0.5, 0.6) is 5.75 Å². The molecule has 1 atom stereocenters. The first-order valence-electron chi connectivity index (χ1n) is 5.39. The normalized spacial score (nSPS) is 12.5. The second-order valence-electron chi connectivity index (χ2n) is 3.91. The van der Waals surface area contributed by atoms with Gasteiger partial charge >= 0.3 is 0 Å². The fraction of sp³-hybridized carbons (Fsp3) is 0.500. The zero-order valence-electron chi connectivity index (χ0n) is 10.0. The molecule has 0 fully saturated rings. The lowest BCUT2D eigenvalue weighted by molar-refractivity contribution is 0.305. The Bertz CT molecular complexity index is 349. The molecule has 17 heavy (non-hydrogen) atoms. The third-order valence-corrected chi connectivity index (χ3v) is 2.72. The maximum atomic E-state index is 13.6. The van der Waals surface area contributed by atoms with Gasteiger partial charge in [-0.25, -0.2) is 8.78 Å². The standard InChI is InChI=1S/C12H17F2NOS/c1-8(15)5-9-6-10(13)12(11(14)7-9)16-3-4-17-2/h6-8H,3-5,15H2,1-2H3. The van der Waals surface area contributed by atoms with Gasteiger partial charge in [0, 0.05) is 11.8 Å². The molecule has 2 nitrogen and oxygen atoms in total. The van der Waals surface area contributed by atoms with Gasteiger partial charge in [0.25, 0.3) is 0 Å². The average Bonchev–Trinajstić information content (AvgIpc) is 2.21. The molecule has 5 heteroatoms. The summed E-state index contributed by atoms with van der Waals surface area (Å²) in [7, 11) is 0. The van der Waals surface area contributed by atoms with Crippen molar-refractivity contribution >= 4 is 11.8 Å². The van der Waals surface area contributed by atoms with E-state index < -0.39 is 11.6 Å². The predicted octanol–water partition coefficient (Wildman–Crippen LogP) is 2.60. The summed E-state index contributed by atoms with van der Waals surface area (Å²) in [6.45, 7) is 2.08. The van der Waals surface area contributed by atoms with Crippen molar-refractivity contribution in [2.24, 2.45) is 5.73 Å². The minimum absolute atomic E-state index is 0.128. The number of benzene rings is 1. The van der Waals surface area contributed by atoms with E-state index in [4.69, 9.17) is 10.5 Å². The van der Waals surface area contributed by atoms with Crippen LogP contribution in [0.4, 0.5) is 8.78 Å². The highest BCUT2D eigenvalue weighted by Gasteiger charge is 2.13. The van der Waals surface area contributed by atoms with Gasteiger partial charge in [-0.05, 0) is 37.3 Å². The second-order valence-corrected chi connectivity index (χ2v) is 4.90. The van der Waals surface area contributed by atoms with Gasteiger partial charge in [-0.2, -0.15) is 11.8 Å². The maximum absolute atomic E-state index is 13.6. The summed E-state index contributed by atoms with van der Waals surface area (Å²) in [6, 6.07) is 2.43. The van der Waals surface area contributed by atoms with E-state index in [0.29, 0.717) is 24.3 Å². The highest BCUT2D eigenvalue weighted by Crippen LogP contribution is 2.24. The van der Waals surface area contributed by atoms with Gasteiger partial charge in [0.15, 0.2) is 17.4 Å². The van der Waals surface area contributed by atoms with E-state index in [0.717, 1.165) is 0 Å². The zero-order chi connectivity index (χ0) is 12.8. The molecule has 1 aromatic carbocycles. The van der Waals surface area contributed by atoms with E-state index in [1.54, 1.807) is 18.7 Å². The molecule has 96 valence electrons. The molecule has 0 spiro atoms. The maximum Gasteiger partial charge on any atom is 0.190 e. The second kappa shape index (κ2) is 6.81. The summed E-state index contributed by atoms with van der Waals surface area (Å²) in [6.07, 6.45) is 2.35. The molecule has 0 aliphatic rings. The number of thioether (sulfide) groups is 1. The Morgan fingerprint density at radius 1 is 1.35 bits per heavy atom. The smallest absolute Gasteiger partial charge is 0.190 e. The summed E-state index contributed by atoms with van der Waals surface area (Å²) < 4.78 is 32.2. The van der Waals surface area contributed by atoms with Gasteiger partial charge in [-0.15, -0.1) is 0 Å². The van der Waals surface area contributed by atoms with Gasteiger partial charge in [0.1, 0.15) is 0 Å². The van der Waals surface area contributed by atoms with Crippen molar-refractivity contribution in [3.05, 3.63) is 29.3 Å². The Labute approximate surface area is 105 Å². The van der Waals surface area contributed by atoms with Gasteiger partial charge in [0.05, 0.1) is 6.61 Å². The van der Waals surface area contributed by atoms with E-state index in [1.807, 2.05) is 6.26 Å². The van der Waals surface area contributed by atoms with E-state index in [2.05, 4.69) is 0 Å². The minimum Gasteiger partial charge on any atom is -0.487 e. The number of rotatable bonds is 6. The lowest BCUT2D eigenvalue weighted by atomic mass is 10.1. The van der Waals surface area contributed by atoms with Crippen LogP contribution in [0.15, 0.2) is 12.1 Å². The predicted molar refractivity (Wildman–Crippen MR) is 67.6 cm³/mol. The van der Waals surface area contributed by atoms with E-state index >= 15 is 0 Å². The van der Waals surface area contributed by atoms with Crippen molar-refractivity contribution in [1.29, 1.82) is 0 Å².